The van der Waals surface area contributed by atoms with Gasteiger partial charge in [-0.3, -0.25) is 0 Å². The SMILES string of the molecule is Cc1ccc2cc(N(c3ccccc3)c3ccc4c(c3)C(C)(C)c3ccccc3-4)ccc2c1. The van der Waals surface area contributed by atoms with Gasteiger partial charge < -0.3 is 4.90 Å². The van der Waals surface area contributed by atoms with Crippen molar-refractivity contribution in [1.29, 1.82) is 0 Å². The van der Waals surface area contributed by atoms with Crippen LogP contribution in [-0.4, -0.2) is 0 Å². The number of rotatable bonds is 3. The van der Waals surface area contributed by atoms with E-state index in [2.05, 4.69) is 135 Å². The zero-order valence-electron chi connectivity index (χ0n) is 19.3. The Morgan fingerprint density at radius 2 is 1.15 bits per heavy atom. The maximum atomic E-state index is 2.39. The Bertz CT molecular complexity index is 1490. The molecule has 0 heterocycles. The number of aryl methyl sites for hydroxylation is 1. The van der Waals surface area contributed by atoms with Crippen molar-refractivity contribution >= 4 is 27.8 Å². The van der Waals surface area contributed by atoms with Crippen LogP contribution in [0, 0.1) is 6.92 Å². The quantitative estimate of drug-likeness (QED) is 0.279. The molecule has 0 spiro atoms. The van der Waals surface area contributed by atoms with E-state index in [-0.39, 0.29) is 5.41 Å². The standard InChI is InChI=1S/C32H27N/c1-22-13-14-24-20-26(16-15-23(24)19-22)33(25-9-5-4-6-10-25)27-17-18-29-28-11-7-8-12-30(28)32(2,3)31(29)21-27/h4-21H,1-3H3. The van der Waals surface area contributed by atoms with Crippen LogP contribution in [-0.2, 0) is 5.41 Å². The Balaban J connectivity index is 1.54. The van der Waals surface area contributed by atoms with Crippen LogP contribution in [0.15, 0.2) is 109 Å². The van der Waals surface area contributed by atoms with Gasteiger partial charge in [-0.2, -0.15) is 0 Å². The van der Waals surface area contributed by atoms with Gasteiger partial charge in [0.25, 0.3) is 0 Å². The highest BCUT2D eigenvalue weighted by Gasteiger charge is 2.35. The van der Waals surface area contributed by atoms with Crippen LogP contribution >= 0.6 is 0 Å². The molecule has 0 aliphatic heterocycles. The average molecular weight is 426 g/mol. The number of nitrogens with zero attached hydrogens (tertiary/aromatic N) is 1. The van der Waals surface area contributed by atoms with E-state index in [1.807, 2.05) is 0 Å². The van der Waals surface area contributed by atoms with Gasteiger partial charge in [-0.15, -0.1) is 0 Å². The molecule has 1 aliphatic rings. The molecule has 0 saturated heterocycles. The van der Waals surface area contributed by atoms with Crippen LogP contribution in [0.3, 0.4) is 0 Å². The third-order valence-electron chi connectivity index (χ3n) is 7.08. The molecule has 0 fully saturated rings. The van der Waals surface area contributed by atoms with E-state index in [9.17, 15) is 0 Å². The second kappa shape index (κ2) is 7.35. The Labute approximate surface area is 195 Å². The predicted molar refractivity (Wildman–Crippen MR) is 141 cm³/mol. The molecule has 0 N–H and O–H groups in total. The maximum absolute atomic E-state index is 2.39. The second-order valence-electron chi connectivity index (χ2n) is 9.61. The van der Waals surface area contributed by atoms with Gasteiger partial charge >= 0.3 is 0 Å². The summed E-state index contributed by atoms with van der Waals surface area (Å²) in [7, 11) is 0. The van der Waals surface area contributed by atoms with Crippen molar-refractivity contribution in [2.45, 2.75) is 26.2 Å². The van der Waals surface area contributed by atoms with Crippen molar-refractivity contribution in [2.24, 2.45) is 0 Å². The molecule has 33 heavy (non-hydrogen) atoms. The van der Waals surface area contributed by atoms with E-state index >= 15 is 0 Å². The lowest BCUT2D eigenvalue weighted by Gasteiger charge is -2.28. The van der Waals surface area contributed by atoms with E-state index in [4.69, 9.17) is 0 Å². The minimum atomic E-state index is -0.0226. The van der Waals surface area contributed by atoms with Gasteiger partial charge in [0.2, 0.25) is 0 Å². The van der Waals surface area contributed by atoms with E-state index in [1.54, 1.807) is 0 Å². The van der Waals surface area contributed by atoms with E-state index in [0.717, 1.165) is 5.69 Å². The highest BCUT2D eigenvalue weighted by atomic mass is 15.1. The van der Waals surface area contributed by atoms with Crippen molar-refractivity contribution in [1.82, 2.24) is 0 Å². The van der Waals surface area contributed by atoms with E-state index < -0.39 is 0 Å². The largest absolute Gasteiger partial charge is 0.310 e. The lowest BCUT2D eigenvalue weighted by molar-refractivity contribution is 0.660. The zero-order chi connectivity index (χ0) is 22.6. The van der Waals surface area contributed by atoms with Gasteiger partial charge in [0.05, 0.1) is 0 Å². The van der Waals surface area contributed by atoms with Crippen LogP contribution < -0.4 is 4.90 Å². The van der Waals surface area contributed by atoms with Crippen LogP contribution in [0.4, 0.5) is 17.1 Å². The van der Waals surface area contributed by atoms with Gasteiger partial charge in [0, 0.05) is 22.5 Å². The highest BCUT2D eigenvalue weighted by Crippen LogP contribution is 2.50. The number of para-hydroxylation sites is 1. The zero-order valence-corrected chi connectivity index (χ0v) is 19.3. The number of hydrogen-bond donors (Lipinski definition) is 0. The molecule has 6 rings (SSSR count). The minimum absolute atomic E-state index is 0.0226. The number of hydrogen-bond acceptors (Lipinski definition) is 1. The molecule has 5 aromatic rings. The Morgan fingerprint density at radius 3 is 2.00 bits per heavy atom. The minimum Gasteiger partial charge on any atom is -0.310 e. The van der Waals surface area contributed by atoms with Crippen molar-refractivity contribution in [3.05, 3.63) is 126 Å². The molecule has 0 radical (unpaired) electrons. The molecule has 1 nitrogen and oxygen atoms in total. The maximum Gasteiger partial charge on any atom is 0.0468 e. The molecular weight excluding hydrogens is 398 g/mol. The molecular formula is C32H27N. The number of fused-ring (bicyclic) bond motifs is 4. The lowest BCUT2D eigenvalue weighted by atomic mass is 9.82. The fraction of sp³-hybridized carbons (Fsp3) is 0.125. The summed E-state index contributed by atoms with van der Waals surface area (Å²) in [6, 6.07) is 39.9. The van der Waals surface area contributed by atoms with Crippen LogP contribution in [0.2, 0.25) is 0 Å². The highest BCUT2D eigenvalue weighted by molar-refractivity contribution is 5.91. The monoisotopic (exact) mass is 425 g/mol. The predicted octanol–water partition coefficient (Wildman–Crippen LogP) is 8.92. The molecule has 0 aromatic heterocycles. The fourth-order valence-corrected chi connectivity index (χ4v) is 5.35. The summed E-state index contributed by atoms with van der Waals surface area (Å²) >= 11 is 0. The number of benzene rings is 5. The Morgan fingerprint density at radius 1 is 0.515 bits per heavy atom. The number of anilines is 3. The summed E-state index contributed by atoms with van der Waals surface area (Å²) in [5.41, 5.74) is 10.3. The fourth-order valence-electron chi connectivity index (χ4n) is 5.35. The summed E-state index contributed by atoms with van der Waals surface area (Å²) in [4.78, 5) is 2.37. The first-order valence-corrected chi connectivity index (χ1v) is 11.6. The van der Waals surface area contributed by atoms with Gasteiger partial charge in [-0.1, -0.05) is 92.2 Å². The smallest absolute Gasteiger partial charge is 0.0468 e. The molecule has 0 unspecified atom stereocenters. The summed E-state index contributed by atoms with van der Waals surface area (Å²) in [6.07, 6.45) is 0. The molecule has 5 aromatic carbocycles. The van der Waals surface area contributed by atoms with Crippen LogP contribution in [0.25, 0.3) is 21.9 Å². The third-order valence-corrected chi connectivity index (χ3v) is 7.08. The first-order chi connectivity index (χ1) is 16.0. The van der Waals surface area contributed by atoms with Crippen molar-refractivity contribution in [2.75, 3.05) is 4.90 Å². The normalized spacial score (nSPS) is 13.5. The summed E-state index contributed by atoms with van der Waals surface area (Å²) in [6.45, 7) is 6.83. The third kappa shape index (κ3) is 3.15. The molecule has 0 saturated carbocycles. The molecule has 0 atom stereocenters. The van der Waals surface area contributed by atoms with Crippen molar-refractivity contribution in [3.8, 4) is 11.1 Å². The second-order valence-corrected chi connectivity index (χ2v) is 9.61. The summed E-state index contributed by atoms with van der Waals surface area (Å²) in [5.74, 6) is 0. The van der Waals surface area contributed by atoms with Gasteiger partial charge in [0.1, 0.15) is 0 Å². The molecule has 160 valence electrons. The molecule has 1 heteroatoms. The Kier molecular flexibility index (Phi) is 4.41. The summed E-state index contributed by atoms with van der Waals surface area (Å²) in [5, 5.41) is 2.53. The topological polar surface area (TPSA) is 3.24 Å². The van der Waals surface area contributed by atoms with Gasteiger partial charge in [-0.05, 0) is 76.3 Å². The van der Waals surface area contributed by atoms with Crippen molar-refractivity contribution in [3.63, 3.8) is 0 Å². The van der Waals surface area contributed by atoms with Crippen LogP contribution in [0.5, 0.6) is 0 Å². The molecule has 0 bridgehead atoms. The first-order valence-electron chi connectivity index (χ1n) is 11.6. The summed E-state index contributed by atoms with van der Waals surface area (Å²) < 4.78 is 0. The molecule has 1 aliphatic carbocycles. The Hall–Kier alpha value is -3.84. The molecule has 0 amide bonds. The average Bonchev–Trinajstić information content (AvgIpc) is 3.07. The van der Waals surface area contributed by atoms with E-state index in [1.165, 1.54) is 50.0 Å². The van der Waals surface area contributed by atoms with Crippen molar-refractivity contribution < 1.29 is 0 Å². The van der Waals surface area contributed by atoms with Gasteiger partial charge in [0.15, 0.2) is 0 Å². The van der Waals surface area contributed by atoms with Gasteiger partial charge in [-0.25, -0.2) is 0 Å². The first kappa shape index (κ1) is 19.8. The van der Waals surface area contributed by atoms with Crippen LogP contribution in [0.1, 0.15) is 30.5 Å². The lowest BCUT2D eigenvalue weighted by Crippen LogP contribution is -2.16. The van der Waals surface area contributed by atoms with E-state index in [0.29, 0.717) is 0 Å².